The standard InChI is InChI=1S/C13H10BrFN2O2/c14-8-2-3-9(15)11(6-8)17-13(19)7-1-4-10(16)12(18)5-7/h1-6,18H,16H2,(H,17,19). The van der Waals surface area contributed by atoms with Crippen molar-refractivity contribution in [1.29, 1.82) is 0 Å². The summed E-state index contributed by atoms with van der Waals surface area (Å²) in [5.74, 6) is -1.27. The quantitative estimate of drug-likeness (QED) is 0.586. The van der Waals surface area contributed by atoms with E-state index in [4.69, 9.17) is 5.73 Å². The minimum Gasteiger partial charge on any atom is -0.506 e. The largest absolute Gasteiger partial charge is 0.506 e. The Labute approximate surface area is 117 Å². The van der Waals surface area contributed by atoms with Crippen LogP contribution in [0.1, 0.15) is 10.4 Å². The lowest BCUT2D eigenvalue weighted by molar-refractivity contribution is 0.102. The highest BCUT2D eigenvalue weighted by Gasteiger charge is 2.11. The third-order valence-electron chi connectivity index (χ3n) is 2.47. The Kier molecular flexibility index (Phi) is 3.71. The van der Waals surface area contributed by atoms with Crippen molar-refractivity contribution >= 4 is 33.2 Å². The van der Waals surface area contributed by atoms with Gasteiger partial charge in [0.05, 0.1) is 11.4 Å². The second-order valence-electron chi connectivity index (χ2n) is 3.85. The molecule has 0 aliphatic rings. The number of hydrogen-bond acceptors (Lipinski definition) is 3. The molecule has 0 atom stereocenters. The summed E-state index contributed by atoms with van der Waals surface area (Å²) in [4.78, 5) is 11.9. The minimum atomic E-state index is -0.545. The molecular formula is C13H10BrFN2O2. The van der Waals surface area contributed by atoms with Crippen molar-refractivity contribution in [2.45, 2.75) is 0 Å². The molecule has 0 bridgehead atoms. The third-order valence-corrected chi connectivity index (χ3v) is 2.96. The zero-order valence-corrected chi connectivity index (χ0v) is 11.2. The summed E-state index contributed by atoms with van der Waals surface area (Å²) in [5.41, 5.74) is 5.85. The van der Waals surface area contributed by atoms with Crippen LogP contribution in [0, 0.1) is 5.82 Å². The predicted octanol–water partition coefficient (Wildman–Crippen LogP) is 3.13. The van der Waals surface area contributed by atoms with E-state index in [1.165, 1.54) is 36.4 Å². The van der Waals surface area contributed by atoms with Gasteiger partial charge in [-0.2, -0.15) is 0 Å². The number of rotatable bonds is 2. The van der Waals surface area contributed by atoms with E-state index in [9.17, 15) is 14.3 Å². The van der Waals surface area contributed by atoms with Gasteiger partial charge in [0.15, 0.2) is 0 Å². The number of hydrogen-bond donors (Lipinski definition) is 3. The first-order chi connectivity index (χ1) is 8.97. The first kappa shape index (κ1) is 13.4. The lowest BCUT2D eigenvalue weighted by atomic mass is 10.1. The van der Waals surface area contributed by atoms with E-state index < -0.39 is 11.7 Å². The molecule has 0 fully saturated rings. The van der Waals surface area contributed by atoms with Gasteiger partial charge >= 0.3 is 0 Å². The van der Waals surface area contributed by atoms with Crippen LogP contribution >= 0.6 is 15.9 Å². The van der Waals surface area contributed by atoms with Crippen LogP contribution in [0.15, 0.2) is 40.9 Å². The van der Waals surface area contributed by atoms with Crippen LogP contribution in [0.3, 0.4) is 0 Å². The Morgan fingerprint density at radius 3 is 2.68 bits per heavy atom. The first-order valence-electron chi connectivity index (χ1n) is 5.32. The molecule has 19 heavy (non-hydrogen) atoms. The van der Waals surface area contributed by atoms with E-state index in [1.54, 1.807) is 0 Å². The number of nitrogens with two attached hydrogens (primary N) is 1. The molecule has 4 N–H and O–H groups in total. The summed E-state index contributed by atoms with van der Waals surface area (Å²) >= 11 is 3.19. The van der Waals surface area contributed by atoms with Gasteiger partial charge in [0.25, 0.3) is 5.91 Å². The van der Waals surface area contributed by atoms with Crippen LogP contribution in [0.25, 0.3) is 0 Å². The highest BCUT2D eigenvalue weighted by Crippen LogP contribution is 2.23. The number of benzene rings is 2. The molecule has 0 heterocycles. The summed E-state index contributed by atoms with van der Waals surface area (Å²) in [7, 11) is 0. The summed E-state index contributed by atoms with van der Waals surface area (Å²) in [6.45, 7) is 0. The van der Waals surface area contributed by atoms with E-state index in [0.29, 0.717) is 4.47 Å². The summed E-state index contributed by atoms with van der Waals surface area (Å²) < 4.78 is 14.1. The molecule has 2 aromatic carbocycles. The second-order valence-corrected chi connectivity index (χ2v) is 4.77. The van der Waals surface area contributed by atoms with Gasteiger partial charge in [0.2, 0.25) is 0 Å². The molecule has 0 aliphatic carbocycles. The number of halogens is 2. The number of amides is 1. The summed E-state index contributed by atoms with van der Waals surface area (Å²) in [5, 5.41) is 11.8. The lowest BCUT2D eigenvalue weighted by Crippen LogP contribution is -2.13. The Bertz CT molecular complexity index is 647. The van der Waals surface area contributed by atoms with Gasteiger partial charge in [0, 0.05) is 10.0 Å². The average Bonchev–Trinajstić information content (AvgIpc) is 2.37. The van der Waals surface area contributed by atoms with Crippen molar-refractivity contribution in [3.63, 3.8) is 0 Å². The van der Waals surface area contributed by atoms with Crippen molar-refractivity contribution < 1.29 is 14.3 Å². The third kappa shape index (κ3) is 3.03. The molecule has 0 radical (unpaired) electrons. The highest BCUT2D eigenvalue weighted by molar-refractivity contribution is 9.10. The van der Waals surface area contributed by atoms with Crippen LogP contribution in [-0.2, 0) is 0 Å². The lowest BCUT2D eigenvalue weighted by Gasteiger charge is -2.08. The number of nitrogen functional groups attached to an aromatic ring is 1. The van der Waals surface area contributed by atoms with E-state index in [2.05, 4.69) is 21.2 Å². The minimum absolute atomic E-state index is 0.0516. The average molecular weight is 325 g/mol. The molecule has 6 heteroatoms. The van der Waals surface area contributed by atoms with Crippen LogP contribution in [-0.4, -0.2) is 11.0 Å². The van der Waals surface area contributed by atoms with Gasteiger partial charge in [-0.1, -0.05) is 15.9 Å². The van der Waals surface area contributed by atoms with E-state index in [-0.39, 0.29) is 22.7 Å². The number of nitrogens with one attached hydrogen (secondary N) is 1. The topological polar surface area (TPSA) is 75.4 Å². The molecule has 0 saturated heterocycles. The second kappa shape index (κ2) is 5.27. The van der Waals surface area contributed by atoms with Gasteiger partial charge in [0.1, 0.15) is 11.6 Å². The SMILES string of the molecule is Nc1ccc(C(=O)Nc2cc(Br)ccc2F)cc1O. The maximum Gasteiger partial charge on any atom is 0.255 e. The molecule has 0 spiro atoms. The number of phenolic OH excluding ortho intramolecular Hbond substituents is 1. The zero-order valence-electron chi connectivity index (χ0n) is 9.65. The monoisotopic (exact) mass is 324 g/mol. The van der Waals surface area contributed by atoms with Crippen molar-refractivity contribution in [3.8, 4) is 5.75 Å². The molecule has 2 aromatic rings. The fourth-order valence-corrected chi connectivity index (χ4v) is 1.83. The molecule has 1 amide bonds. The number of phenols is 1. The van der Waals surface area contributed by atoms with Gasteiger partial charge in [-0.25, -0.2) is 4.39 Å². The number of carbonyl (C=O) groups excluding carboxylic acids is 1. The maximum absolute atomic E-state index is 13.5. The molecule has 2 rings (SSSR count). The van der Waals surface area contributed by atoms with Crippen molar-refractivity contribution in [3.05, 3.63) is 52.3 Å². The smallest absolute Gasteiger partial charge is 0.255 e. The highest BCUT2D eigenvalue weighted by atomic mass is 79.9. The Balaban J connectivity index is 2.25. The number of aromatic hydroxyl groups is 1. The van der Waals surface area contributed by atoms with E-state index in [1.807, 2.05) is 0 Å². The van der Waals surface area contributed by atoms with Gasteiger partial charge < -0.3 is 16.2 Å². The van der Waals surface area contributed by atoms with Crippen LogP contribution in [0.5, 0.6) is 5.75 Å². The summed E-state index contributed by atoms with van der Waals surface area (Å²) in [6, 6.07) is 8.28. The van der Waals surface area contributed by atoms with E-state index >= 15 is 0 Å². The maximum atomic E-state index is 13.5. The Morgan fingerprint density at radius 2 is 2.00 bits per heavy atom. The fourth-order valence-electron chi connectivity index (χ4n) is 1.47. The fraction of sp³-hybridized carbons (Fsp3) is 0. The summed E-state index contributed by atoms with van der Waals surface area (Å²) in [6.07, 6.45) is 0. The van der Waals surface area contributed by atoms with Crippen molar-refractivity contribution in [1.82, 2.24) is 0 Å². The molecule has 0 aliphatic heterocycles. The molecule has 0 saturated carbocycles. The van der Waals surface area contributed by atoms with Crippen molar-refractivity contribution in [2.75, 3.05) is 11.1 Å². The number of anilines is 2. The normalized spacial score (nSPS) is 10.2. The Morgan fingerprint density at radius 1 is 1.26 bits per heavy atom. The zero-order chi connectivity index (χ0) is 14.0. The van der Waals surface area contributed by atoms with Crippen LogP contribution in [0.4, 0.5) is 15.8 Å². The van der Waals surface area contributed by atoms with E-state index in [0.717, 1.165) is 0 Å². The van der Waals surface area contributed by atoms with Gasteiger partial charge in [-0.05, 0) is 36.4 Å². The molecular weight excluding hydrogens is 315 g/mol. The molecule has 0 aromatic heterocycles. The van der Waals surface area contributed by atoms with Gasteiger partial charge in [-0.3, -0.25) is 4.79 Å². The molecule has 0 unspecified atom stereocenters. The van der Waals surface area contributed by atoms with Crippen LogP contribution in [0.2, 0.25) is 0 Å². The Hall–Kier alpha value is -2.08. The van der Waals surface area contributed by atoms with Crippen molar-refractivity contribution in [2.24, 2.45) is 0 Å². The molecule has 98 valence electrons. The number of carbonyl (C=O) groups is 1. The molecule has 4 nitrogen and oxygen atoms in total. The predicted molar refractivity (Wildman–Crippen MR) is 74.6 cm³/mol. The van der Waals surface area contributed by atoms with Crippen LogP contribution < -0.4 is 11.1 Å². The van der Waals surface area contributed by atoms with Gasteiger partial charge in [-0.15, -0.1) is 0 Å². The first-order valence-corrected chi connectivity index (χ1v) is 6.11.